The Morgan fingerprint density at radius 1 is 1.00 bits per heavy atom. The number of nitrogens with one attached hydrogen (secondary N) is 2. The summed E-state index contributed by atoms with van der Waals surface area (Å²) in [6.07, 6.45) is 0.199. The fraction of sp³-hybridized carbons (Fsp3) is 0.556. The van der Waals surface area contributed by atoms with Gasteiger partial charge in [-0.25, -0.2) is 9.78 Å². The molecule has 0 bridgehead atoms. The van der Waals surface area contributed by atoms with Crippen molar-refractivity contribution in [2.45, 2.75) is 92.0 Å². The smallest absolute Gasteiger partial charge is 0.349 e. The highest BCUT2D eigenvalue weighted by Gasteiger charge is 2.27. The minimum atomic E-state index is -0.780. The van der Waals surface area contributed by atoms with Crippen LogP contribution in [0.1, 0.15) is 65.5 Å². The summed E-state index contributed by atoms with van der Waals surface area (Å²) in [4.78, 5) is 60.4. The number of esters is 2. The molecular formula is C27H37N5O6. The molecule has 0 amide bonds. The number of aryl methyl sites for hydroxylation is 2. The first kappa shape index (κ1) is 29.0. The third kappa shape index (κ3) is 7.47. The molecule has 2 N–H and O–H groups in total. The Hall–Kier alpha value is -3.60. The molecule has 0 spiro atoms. The lowest BCUT2D eigenvalue weighted by Crippen LogP contribution is -2.43. The van der Waals surface area contributed by atoms with Gasteiger partial charge in [-0.2, -0.15) is 4.98 Å². The normalized spacial score (nSPS) is 13.1. The van der Waals surface area contributed by atoms with Crippen LogP contribution in [0.5, 0.6) is 0 Å². The second kappa shape index (κ2) is 11.0. The highest BCUT2D eigenvalue weighted by Crippen LogP contribution is 2.23. The standard InChI is InChI=1S/C27H37N5O6/c1-15-13-18-19(14-16(15)2)32(22-21(29-18)23(34)31-25(36)30-22)12-11-28-17(24(35)38-27(6,7)8)9-10-20(33)37-26(3,4)5/h13-14,17,28H,9-12H2,1-8H3,(H,31,34,36)/t17-/m0/s1. The van der Waals surface area contributed by atoms with E-state index >= 15 is 0 Å². The van der Waals surface area contributed by atoms with Crippen molar-refractivity contribution in [2.75, 3.05) is 6.54 Å². The van der Waals surface area contributed by atoms with Crippen LogP contribution < -0.4 is 16.6 Å². The van der Waals surface area contributed by atoms with Crippen LogP contribution in [0.4, 0.5) is 0 Å². The van der Waals surface area contributed by atoms with E-state index < -0.39 is 40.4 Å². The van der Waals surface area contributed by atoms with Crippen molar-refractivity contribution in [3.05, 3.63) is 44.1 Å². The molecule has 1 aromatic carbocycles. The molecule has 0 aliphatic carbocycles. The van der Waals surface area contributed by atoms with E-state index in [9.17, 15) is 19.2 Å². The summed E-state index contributed by atoms with van der Waals surface area (Å²) in [6, 6.07) is 3.03. The maximum absolute atomic E-state index is 12.9. The molecule has 1 aromatic rings. The van der Waals surface area contributed by atoms with E-state index in [1.54, 1.807) is 46.1 Å². The van der Waals surface area contributed by atoms with Crippen molar-refractivity contribution in [3.8, 4) is 11.5 Å². The minimum absolute atomic E-state index is 0.0252. The summed E-state index contributed by atoms with van der Waals surface area (Å²) in [5.74, 6) is -0.747. The molecule has 11 nitrogen and oxygen atoms in total. The largest absolute Gasteiger partial charge is 0.460 e. The lowest BCUT2D eigenvalue weighted by Gasteiger charge is -2.25. The van der Waals surface area contributed by atoms with Crippen LogP contribution in [0, 0.1) is 13.8 Å². The van der Waals surface area contributed by atoms with Gasteiger partial charge in [-0.1, -0.05) is 0 Å². The molecule has 2 heterocycles. The SMILES string of the molecule is Cc1cc2nc3c(=O)[nH]c(=O)nc-3n(CCN[C@@H](CCC(=O)OC(C)(C)C)C(=O)OC(C)(C)C)c2cc1C. The summed E-state index contributed by atoms with van der Waals surface area (Å²) in [7, 11) is 0. The Labute approximate surface area is 221 Å². The molecule has 3 rings (SSSR count). The van der Waals surface area contributed by atoms with Crippen LogP contribution >= 0.6 is 0 Å². The van der Waals surface area contributed by atoms with Crippen molar-refractivity contribution in [2.24, 2.45) is 0 Å². The van der Waals surface area contributed by atoms with E-state index in [1.807, 2.05) is 26.0 Å². The summed E-state index contributed by atoms with van der Waals surface area (Å²) in [5.41, 5.74) is 0.622. The number of hydrogen-bond acceptors (Lipinski definition) is 9. The van der Waals surface area contributed by atoms with Gasteiger partial charge < -0.3 is 19.4 Å². The molecule has 2 aliphatic heterocycles. The van der Waals surface area contributed by atoms with Gasteiger partial charge in [0.2, 0.25) is 0 Å². The maximum atomic E-state index is 12.9. The third-order valence-electron chi connectivity index (χ3n) is 5.70. The molecule has 0 fully saturated rings. The third-order valence-corrected chi connectivity index (χ3v) is 5.70. The number of carbonyl (C=O) groups excluding carboxylic acids is 2. The van der Waals surface area contributed by atoms with Crippen LogP contribution in [0.3, 0.4) is 0 Å². The van der Waals surface area contributed by atoms with Gasteiger partial charge >= 0.3 is 17.6 Å². The van der Waals surface area contributed by atoms with Crippen LogP contribution in [-0.2, 0) is 25.6 Å². The molecule has 0 unspecified atom stereocenters. The average molecular weight is 528 g/mol. The first-order valence-corrected chi connectivity index (χ1v) is 12.6. The van der Waals surface area contributed by atoms with Gasteiger partial charge in [-0.3, -0.25) is 19.4 Å². The number of rotatable bonds is 8. The first-order valence-electron chi connectivity index (χ1n) is 12.6. The van der Waals surface area contributed by atoms with Gasteiger partial charge in [0.05, 0.1) is 11.0 Å². The van der Waals surface area contributed by atoms with Gasteiger partial charge in [-0.05, 0) is 85.1 Å². The lowest BCUT2D eigenvalue weighted by molar-refractivity contribution is -0.158. The zero-order chi connectivity index (χ0) is 28.4. The number of benzene rings is 1. The highest BCUT2D eigenvalue weighted by atomic mass is 16.6. The molecule has 206 valence electrons. The second-order valence-corrected chi connectivity index (χ2v) is 11.4. The molecule has 2 aliphatic rings. The molecule has 11 heteroatoms. The van der Waals surface area contributed by atoms with Crippen molar-refractivity contribution < 1.29 is 19.1 Å². The van der Waals surface area contributed by atoms with E-state index in [-0.39, 0.29) is 37.4 Å². The predicted octanol–water partition coefficient (Wildman–Crippen LogP) is 2.62. The number of aromatic amines is 1. The Kier molecular flexibility index (Phi) is 8.40. The van der Waals surface area contributed by atoms with Crippen LogP contribution in [0.25, 0.3) is 22.6 Å². The highest BCUT2D eigenvalue weighted by molar-refractivity contribution is 5.81. The van der Waals surface area contributed by atoms with Crippen molar-refractivity contribution in [1.29, 1.82) is 0 Å². The lowest BCUT2D eigenvalue weighted by atomic mass is 10.1. The van der Waals surface area contributed by atoms with Crippen LogP contribution in [0.2, 0.25) is 0 Å². The minimum Gasteiger partial charge on any atom is -0.460 e. The molecular weight excluding hydrogens is 490 g/mol. The van der Waals surface area contributed by atoms with Gasteiger partial charge in [0.15, 0.2) is 11.5 Å². The van der Waals surface area contributed by atoms with E-state index in [1.165, 1.54) is 0 Å². The number of ether oxygens (including phenoxy) is 2. The van der Waals surface area contributed by atoms with E-state index in [0.29, 0.717) is 11.0 Å². The molecule has 0 aromatic heterocycles. The zero-order valence-electron chi connectivity index (χ0n) is 23.4. The summed E-state index contributed by atoms with van der Waals surface area (Å²) in [6.45, 7) is 15.1. The Balaban J connectivity index is 1.90. The Morgan fingerprint density at radius 3 is 2.26 bits per heavy atom. The van der Waals surface area contributed by atoms with Crippen LogP contribution in [-0.4, -0.2) is 55.2 Å². The first-order chi connectivity index (χ1) is 17.5. The number of carbonyl (C=O) groups is 2. The zero-order valence-corrected chi connectivity index (χ0v) is 23.4. The summed E-state index contributed by atoms with van der Waals surface area (Å²) in [5, 5.41) is 3.18. The van der Waals surface area contributed by atoms with Gasteiger partial charge in [0.25, 0.3) is 5.56 Å². The van der Waals surface area contributed by atoms with Gasteiger partial charge in [0, 0.05) is 19.5 Å². The average Bonchev–Trinajstić information content (AvgIpc) is 2.74. The maximum Gasteiger partial charge on any atom is 0.349 e. The number of nitrogens with zero attached hydrogens (tertiary/aromatic N) is 3. The second-order valence-electron chi connectivity index (χ2n) is 11.4. The number of aromatic nitrogens is 4. The fourth-order valence-electron chi connectivity index (χ4n) is 3.96. The van der Waals surface area contributed by atoms with Crippen molar-refractivity contribution >= 4 is 23.0 Å². The van der Waals surface area contributed by atoms with E-state index in [4.69, 9.17) is 9.47 Å². The molecule has 38 heavy (non-hydrogen) atoms. The van der Waals surface area contributed by atoms with Gasteiger partial charge in [0.1, 0.15) is 17.2 Å². The molecule has 0 saturated heterocycles. The number of H-pyrrole nitrogens is 1. The quantitative estimate of drug-likeness (QED) is 0.333. The molecule has 1 atom stereocenters. The Bertz CT molecular complexity index is 1430. The monoisotopic (exact) mass is 527 g/mol. The number of fused-ring (bicyclic) bond motifs is 2. The van der Waals surface area contributed by atoms with Gasteiger partial charge in [-0.15, -0.1) is 0 Å². The molecule has 0 radical (unpaired) electrons. The summed E-state index contributed by atoms with van der Waals surface area (Å²) < 4.78 is 12.7. The topological polar surface area (TPSA) is 145 Å². The van der Waals surface area contributed by atoms with Crippen molar-refractivity contribution in [3.63, 3.8) is 0 Å². The Morgan fingerprint density at radius 2 is 1.63 bits per heavy atom. The van der Waals surface area contributed by atoms with Crippen molar-refractivity contribution in [1.82, 2.24) is 24.8 Å². The number of hydrogen-bond donors (Lipinski definition) is 2. The van der Waals surface area contributed by atoms with Crippen LogP contribution in [0.15, 0.2) is 21.7 Å². The predicted molar refractivity (Wildman–Crippen MR) is 143 cm³/mol. The molecule has 0 saturated carbocycles. The van der Waals surface area contributed by atoms with E-state index in [2.05, 4.69) is 20.3 Å². The summed E-state index contributed by atoms with van der Waals surface area (Å²) >= 11 is 0. The fourth-order valence-corrected chi connectivity index (χ4v) is 3.96. The van der Waals surface area contributed by atoms with E-state index in [0.717, 1.165) is 11.1 Å².